The Kier molecular flexibility index (Phi) is 10.3. The zero-order valence-corrected chi connectivity index (χ0v) is 22.9. The van der Waals surface area contributed by atoms with Crippen molar-refractivity contribution in [3.8, 4) is 11.6 Å². The standard InChI is InChI=1S/C29H35Cl2N3O3/c1-2-3-4-10-28(35)37-27-14-12-22-11-13-23(21-25(22)32-27)36-20-6-5-15-33-16-18-34(19-17-33)26-9-7-8-24(30)29(26)31/h7-9,11-14,21H,2-6,10,15-20H2,1H3. The number of nitrogens with zero attached hydrogens (tertiary/aromatic N) is 3. The lowest BCUT2D eigenvalue weighted by molar-refractivity contribution is -0.134. The quantitative estimate of drug-likeness (QED) is 0.181. The molecular formula is C29H35Cl2N3O3. The Morgan fingerprint density at radius 3 is 2.59 bits per heavy atom. The molecule has 0 aliphatic carbocycles. The number of anilines is 1. The van der Waals surface area contributed by atoms with Crippen LogP contribution in [0.3, 0.4) is 0 Å². The van der Waals surface area contributed by atoms with Crippen molar-refractivity contribution in [1.29, 1.82) is 0 Å². The smallest absolute Gasteiger partial charge is 0.312 e. The Hall–Kier alpha value is -2.54. The Labute approximate surface area is 229 Å². The number of halogens is 2. The van der Waals surface area contributed by atoms with E-state index in [0.29, 0.717) is 29.0 Å². The summed E-state index contributed by atoms with van der Waals surface area (Å²) >= 11 is 12.6. The summed E-state index contributed by atoms with van der Waals surface area (Å²) in [4.78, 5) is 21.3. The normalized spacial score (nSPS) is 14.2. The number of ether oxygens (including phenoxy) is 2. The number of hydrogen-bond acceptors (Lipinski definition) is 6. The first-order valence-corrected chi connectivity index (χ1v) is 13.9. The molecule has 1 saturated heterocycles. The number of rotatable bonds is 12. The van der Waals surface area contributed by atoms with Crippen LogP contribution < -0.4 is 14.4 Å². The SMILES string of the molecule is CCCCCC(=O)Oc1ccc2ccc(OCCCCN3CCN(c4cccc(Cl)c4Cl)CC3)cc2n1. The first-order valence-electron chi connectivity index (χ1n) is 13.2. The number of pyridine rings is 1. The van der Waals surface area contributed by atoms with Gasteiger partial charge in [0.25, 0.3) is 0 Å². The van der Waals surface area contributed by atoms with E-state index in [1.54, 1.807) is 6.07 Å². The zero-order valence-electron chi connectivity index (χ0n) is 21.4. The van der Waals surface area contributed by atoms with Crippen LogP contribution in [0.25, 0.3) is 10.9 Å². The maximum atomic E-state index is 12.0. The average molecular weight is 545 g/mol. The molecule has 2 heterocycles. The monoisotopic (exact) mass is 543 g/mol. The second-order valence-corrected chi connectivity index (χ2v) is 10.2. The van der Waals surface area contributed by atoms with Gasteiger partial charge in [-0.2, -0.15) is 0 Å². The average Bonchev–Trinajstić information content (AvgIpc) is 2.90. The molecule has 3 aromatic rings. The minimum Gasteiger partial charge on any atom is -0.494 e. The van der Waals surface area contributed by atoms with E-state index in [4.69, 9.17) is 32.7 Å². The highest BCUT2D eigenvalue weighted by molar-refractivity contribution is 6.43. The molecule has 0 spiro atoms. The largest absolute Gasteiger partial charge is 0.494 e. The summed E-state index contributed by atoms with van der Waals surface area (Å²) in [6, 6.07) is 15.3. The van der Waals surface area contributed by atoms with Crippen molar-refractivity contribution in [1.82, 2.24) is 9.88 Å². The summed E-state index contributed by atoms with van der Waals surface area (Å²) in [7, 11) is 0. The molecule has 1 aliphatic rings. The van der Waals surface area contributed by atoms with Crippen LogP contribution >= 0.6 is 23.2 Å². The molecule has 4 rings (SSSR count). The number of unbranched alkanes of at least 4 members (excludes halogenated alkanes) is 3. The number of fused-ring (bicyclic) bond motifs is 1. The number of piperazine rings is 1. The van der Waals surface area contributed by atoms with Gasteiger partial charge in [-0.25, -0.2) is 4.98 Å². The third kappa shape index (κ3) is 7.97. The van der Waals surface area contributed by atoms with Crippen molar-refractivity contribution in [3.05, 3.63) is 58.6 Å². The molecule has 0 N–H and O–H groups in total. The molecule has 6 nitrogen and oxygen atoms in total. The summed E-state index contributed by atoms with van der Waals surface area (Å²) in [5.74, 6) is 0.879. The van der Waals surface area contributed by atoms with Crippen molar-refractivity contribution in [3.63, 3.8) is 0 Å². The first-order chi connectivity index (χ1) is 18.0. The van der Waals surface area contributed by atoms with Crippen molar-refractivity contribution >= 4 is 45.8 Å². The van der Waals surface area contributed by atoms with Gasteiger partial charge >= 0.3 is 5.97 Å². The van der Waals surface area contributed by atoms with E-state index >= 15 is 0 Å². The minimum absolute atomic E-state index is 0.234. The molecule has 2 aromatic carbocycles. The fourth-order valence-electron chi connectivity index (χ4n) is 4.49. The van der Waals surface area contributed by atoms with Crippen LogP contribution in [-0.2, 0) is 4.79 Å². The topological polar surface area (TPSA) is 54.9 Å². The predicted molar refractivity (Wildman–Crippen MR) is 151 cm³/mol. The summed E-state index contributed by atoms with van der Waals surface area (Å²) in [6.45, 7) is 7.70. The van der Waals surface area contributed by atoms with Crippen LogP contribution in [-0.4, -0.2) is 55.2 Å². The molecule has 0 atom stereocenters. The molecular weight excluding hydrogens is 509 g/mol. The number of carbonyl (C=O) groups is 1. The third-order valence-electron chi connectivity index (χ3n) is 6.62. The summed E-state index contributed by atoms with van der Waals surface area (Å²) < 4.78 is 11.4. The van der Waals surface area contributed by atoms with Crippen LogP contribution in [0.1, 0.15) is 45.4 Å². The lowest BCUT2D eigenvalue weighted by Crippen LogP contribution is -2.46. The number of esters is 1. The molecule has 0 radical (unpaired) electrons. The van der Waals surface area contributed by atoms with Gasteiger partial charge in [-0.3, -0.25) is 9.69 Å². The molecule has 0 unspecified atom stereocenters. The van der Waals surface area contributed by atoms with Gasteiger partial charge in [-0.1, -0.05) is 49.0 Å². The van der Waals surface area contributed by atoms with Crippen LogP contribution in [0.15, 0.2) is 48.5 Å². The minimum atomic E-state index is -0.234. The molecule has 198 valence electrons. The first kappa shape index (κ1) is 27.5. The molecule has 1 aliphatic heterocycles. The van der Waals surface area contributed by atoms with Crippen molar-refractivity contribution in [2.24, 2.45) is 0 Å². The summed E-state index contributed by atoms with van der Waals surface area (Å²) in [5, 5.41) is 2.22. The van der Waals surface area contributed by atoms with E-state index in [0.717, 1.165) is 87.2 Å². The second kappa shape index (κ2) is 13.8. The van der Waals surface area contributed by atoms with E-state index in [1.165, 1.54) is 0 Å². The Bertz CT molecular complexity index is 1180. The van der Waals surface area contributed by atoms with E-state index < -0.39 is 0 Å². The van der Waals surface area contributed by atoms with Gasteiger partial charge in [-0.15, -0.1) is 0 Å². The number of aromatic nitrogens is 1. The molecule has 37 heavy (non-hydrogen) atoms. The van der Waals surface area contributed by atoms with Crippen molar-refractivity contribution in [2.75, 3.05) is 44.2 Å². The Morgan fingerprint density at radius 1 is 0.973 bits per heavy atom. The van der Waals surface area contributed by atoms with E-state index in [-0.39, 0.29) is 5.97 Å². The van der Waals surface area contributed by atoms with E-state index in [1.807, 2.05) is 42.5 Å². The van der Waals surface area contributed by atoms with Gasteiger partial charge in [0.2, 0.25) is 5.88 Å². The molecule has 0 amide bonds. The zero-order chi connectivity index (χ0) is 26.0. The predicted octanol–water partition coefficient (Wildman–Crippen LogP) is 7.01. The summed E-state index contributed by atoms with van der Waals surface area (Å²) in [6.07, 6.45) is 5.40. The van der Waals surface area contributed by atoms with Crippen molar-refractivity contribution < 1.29 is 14.3 Å². The molecule has 0 saturated carbocycles. The van der Waals surface area contributed by atoms with E-state index in [9.17, 15) is 4.79 Å². The number of carbonyl (C=O) groups excluding carboxylic acids is 1. The van der Waals surface area contributed by atoms with Crippen LogP contribution in [0.2, 0.25) is 10.0 Å². The number of hydrogen-bond donors (Lipinski definition) is 0. The fraction of sp³-hybridized carbons (Fsp3) is 0.448. The second-order valence-electron chi connectivity index (χ2n) is 9.39. The van der Waals surface area contributed by atoms with Gasteiger partial charge in [0.1, 0.15) is 5.75 Å². The number of benzene rings is 2. The maximum Gasteiger partial charge on any atom is 0.312 e. The van der Waals surface area contributed by atoms with Gasteiger partial charge in [0, 0.05) is 50.1 Å². The molecule has 8 heteroatoms. The lowest BCUT2D eigenvalue weighted by atomic mass is 10.2. The molecule has 1 aromatic heterocycles. The molecule has 0 bridgehead atoms. The van der Waals surface area contributed by atoms with Crippen molar-refractivity contribution in [2.45, 2.75) is 45.4 Å². The van der Waals surface area contributed by atoms with Gasteiger partial charge in [-0.05, 0) is 56.1 Å². The highest BCUT2D eigenvalue weighted by Gasteiger charge is 2.19. The van der Waals surface area contributed by atoms with E-state index in [2.05, 4.69) is 21.7 Å². The Morgan fingerprint density at radius 2 is 1.78 bits per heavy atom. The van der Waals surface area contributed by atoms with Crippen LogP contribution in [0.4, 0.5) is 5.69 Å². The highest BCUT2D eigenvalue weighted by atomic mass is 35.5. The van der Waals surface area contributed by atoms with Crippen LogP contribution in [0, 0.1) is 0 Å². The third-order valence-corrected chi connectivity index (χ3v) is 7.43. The van der Waals surface area contributed by atoms with Crippen LogP contribution in [0.5, 0.6) is 11.6 Å². The van der Waals surface area contributed by atoms with Gasteiger partial charge < -0.3 is 14.4 Å². The highest BCUT2D eigenvalue weighted by Crippen LogP contribution is 2.33. The summed E-state index contributed by atoms with van der Waals surface area (Å²) in [5.41, 5.74) is 1.78. The fourth-order valence-corrected chi connectivity index (χ4v) is 4.90. The Balaban J connectivity index is 1.18. The van der Waals surface area contributed by atoms with Gasteiger partial charge in [0.05, 0.1) is 27.9 Å². The maximum absolute atomic E-state index is 12.0. The van der Waals surface area contributed by atoms with Gasteiger partial charge in [0.15, 0.2) is 0 Å². The lowest BCUT2D eigenvalue weighted by Gasteiger charge is -2.36. The molecule has 1 fully saturated rings.